The number of rotatable bonds is 9. The number of benzene rings is 2. The fourth-order valence-corrected chi connectivity index (χ4v) is 2.81. The van der Waals surface area contributed by atoms with Crippen molar-refractivity contribution in [1.29, 1.82) is 0 Å². The van der Waals surface area contributed by atoms with Gasteiger partial charge in [-0.05, 0) is 49.7 Å². The van der Waals surface area contributed by atoms with Crippen molar-refractivity contribution < 1.29 is 18.3 Å². The predicted octanol–water partition coefficient (Wildman–Crippen LogP) is 4.56. The number of nitrogens with zero attached hydrogens (tertiary/aromatic N) is 1. The van der Waals surface area contributed by atoms with Crippen LogP contribution in [0.1, 0.15) is 35.3 Å². The highest BCUT2D eigenvalue weighted by molar-refractivity contribution is 14.0. The van der Waals surface area contributed by atoms with E-state index >= 15 is 0 Å². The summed E-state index contributed by atoms with van der Waals surface area (Å²) in [6.07, 6.45) is 0. The van der Waals surface area contributed by atoms with Gasteiger partial charge in [0, 0.05) is 35.8 Å². The summed E-state index contributed by atoms with van der Waals surface area (Å²) in [5.41, 5.74) is 1.99. The molecule has 0 bridgehead atoms. The molecule has 3 N–H and O–H groups in total. The van der Waals surface area contributed by atoms with Crippen molar-refractivity contribution in [2.24, 2.45) is 4.99 Å². The molecule has 0 aliphatic heterocycles. The molecular formula is C21H26ClF2IN4O2. The molecular weight excluding hydrogens is 541 g/mol. The Kier molecular flexibility index (Phi) is 12.2. The summed E-state index contributed by atoms with van der Waals surface area (Å²) in [6.45, 7) is 2.63. The summed E-state index contributed by atoms with van der Waals surface area (Å²) in [4.78, 5) is 16.3. The van der Waals surface area contributed by atoms with Crippen LogP contribution in [-0.4, -0.2) is 31.6 Å². The number of hydrogen-bond donors (Lipinski definition) is 3. The van der Waals surface area contributed by atoms with Crippen LogP contribution in [-0.2, 0) is 13.1 Å². The van der Waals surface area contributed by atoms with Crippen LogP contribution >= 0.6 is 35.6 Å². The van der Waals surface area contributed by atoms with Gasteiger partial charge in [-0.2, -0.15) is 8.78 Å². The molecule has 0 atom stereocenters. The van der Waals surface area contributed by atoms with Crippen LogP contribution < -0.4 is 20.7 Å². The molecule has 0 unspecified atom stereocenters. The lowest BCUT2D eigenvalue weighted by Gasteiger charge is -2.15. The minimum Gasteiger partial charge on any atom is -0.434 e. The second-order valence-electron chi connectivity index (χ2n) is 6.24. The molecule has 0 aliphatic rings. The van der Waals surface area contributed by atoms with E-state index < -0.39 is 6.61 Å². The Hall–Kier alpha value is -2.14. The highest BCUT2D eigenvalue weighted by atomic mass is 127. The third-order valence-electron chi connectivity index (χ3n) is 4.00. The first-order valence-electron chi connectivity index (χ1n) is 9.55. The molecule has 0 spiro atoms. The van der Waals surface area contributed by atoms with E-state index in [-0.39, 0.29) is 42.2 Å². The van der Waals surface area contributed by atoms with E-state index in [1.165, 1.54) is 12.1 Å². The molecule has 2 aromatic rings. The SMILES string of the molecule is CCNC(=O)c1ccc(CN=C(NCC)NCc2cc(Cl)ccc2OC(F)F)cc1.I. The molecule has 0 aromatic heterocycles. The number of nitrogens with one attached hydrogen (secondary N) is 3. The molecule has 170 valence electrons. The molecule has 6 nitrogen and oxygen atoms in total. The van der Waals surface area contributed by atoms with Crippen LogP contribution in [0.15, 0.2) is 47.5 Å². The van der Waals surface area contributed by atoms with E-state index in [0.717, 1.165) is 5.56 Å². The van der Waals surface area contributed by atoms with Gasteiger partial charge in [-0.15, -0.1) is 24.0 Å². The predicted molar refractivity (Wildman–Crippen MR) is 130 cm³/mol. The second-order valence-corrected chi connectivity index (χ2v) is 6.67. The van der Waals surface area contributed by atoms with Gasteiger partial charge in [0.2, 0.25) is 0 Å². The van der Waals surface area contributed by atoms with E-state index in [1.807, 2.05) is 26.0 Å². The summed E-state index contributed by atoms with van der Waals surface area (Å²) >= 11 is 5.98. The zero-order valence-electron chi connectivity index (χ0n) is 17.3. The molecule has 0 fully saturated rings. The van der Waals surface area contributed by atoms with Crippen LogP contribution in [0.3, 0.4) is 0 Å². The lowest BCUT2D eigenvalue weighted by Crippen LogP contribution is -2.36. The minimum atomic E-state index is -2.92. The Balaban J connectivity index is 0.00000480. The number of hydrogen-bond acceptors (Lipinski definition) is 3. The van der Waals surface area contributed by atoms with Gasteiger partial charge >= 0.3 is 6.61 Å². The van der Waals surface area contributed by atoms with Crippen LogP contribution in [0.25, 0.3) is 0 Å². The Morgan fingerprint density at radius 3 is 2.35 bits per heavy atom. The summed E-state index contributed by atoms with van der Waals surface area (Å²) in [5.74, 6) is 0.442. The summed E-state index contributed by atoms with van der Waals surface area (Å²) in [6, 6.07) is 11.6. The molecule has 0 heterocycles. The fraction of sp³-hybridized carbons (Fsp3) is 0.333. The maximum absolute atomic E-state index is 12.6. The molecule has 31 heavy (non-hydrogen) atoms. The lowest BCUT2D eigenvalue weighted by molar-refractivity contribution is -0.0504. The maximum Gasteiger partial charge on any atom is 0.387 e. The van der Waals surface area contributed by atoms with Gasteiger partial charge in [0.15, 0.2) is 5.96 Å². The van der Waals surface area contributed by atoms with Crippen molar-refractivity contribution in [2.75, 3.05) is 13.1 Å². The van der Waals surface area contributed by atoms with Crippen molar-refractivity contribution in [1.82, 2.24) is 16.0 Å². The zero-order valence-corrected chi connectivity index (χ0v) is 20.3. The highest BCUT2D eigenvalue weighted by Crippen LogP contribution is 2.24. The average molecular weight is 567 g/mol. The zero-order chi connectivity index (χ0) is 21.9. The molecule has 0 saturated carbocycles. The van der Waals surface area contributed by atoms with Crippen molar-refractivity contribution in [3.05, 3.63) is 64.2 Å². The number of aliphatic imine (C=N–C) groups is 1. The van der Waals surface area contributed by atoms with Gasteiger partial charge in [0.1, 0.15) is 5.75 Å². The third kappa shape index (κ3) is 9.26. The van der Waals surface area contributed by atoms with Crippen molar-refractivity contribution >= 4 is 47.4 Å². The molecule has 0 saturated heterocycles. The topological polar surface area (TPSA) is 74.8 Å². The number of amides is 1. The number of carbonyl (C=O) groups is 1. The Morgan fingerprint density at radius 1 is 1.06 bits per heavy atom. The molecule has 2 aromatic carbocycles. The lowest BCUT2D eigenvalue weighted by atomic mass is 10.1. The maximum atomic E-state index is 12.6. The largest absolute Gasteiger partial charge is 0.434 e. The second kappa shape index (κ2) is 14.0. The third-order valence-corrected chi connectivity index (χ3v) is 4.24. The van der Waals surface area contributed by atoms with E-state index in [1.54, 1.807) is 18.2 Å². The molecule has 1 amide bonds. The molecule has 2 rings (SSSR count). The molecule has 0 radical (unpaired) electrons. The van der Waals surface area contributed by atoms with Crippen LogP contribution in [0.4, 0.5) is 8.78 Å². The van der Waals surface area contributed by atoms with Gasteiger partial charge in [-0.3, -0.25) is 4.79 Å². The highest BCUT2D eigenvalue weighted by Gasteiger charge is 2.11. The number of ether oxygens (including phenoxy) is 1. The standard InChI is InChI=1S/C21H25ClF2N4O2.HI/c1-3-25-19(29)15-7-5-14(6-8-15)12-27-21(26-4-2)28-13-16-11-17(22)9-10-18(16)30-20(23)24;/h5-11,20H,3-4,12-13H2,1-2H3,(H,25,29)(H2,26,27,28);1H. The van der Waals surface area contributed by atoms with Gasteiger partial charge in [0.25, 0.3) is 5.91 Å². The number of guanidine groups is 1. The van der Waals surface area contributed by atoms with Crippen LogP contribution in [0.5, 0.6) is 5.75 Å². The van der Waals surface area contributed by atoms with Gasteiger partial charge in [0.05, 0.1) is 6.54 Å². The number of halogens is 4. The summed E-state index contributed by atoms with van der Waals surface area (Å²) < 4.78 is 29.8. The van der Waals surface area contributed by atoms with Gasteiger partial charge < -0.3 is 20.7 Å². The molecule has 10 heteroatoms. The Bertz CT molecular complexity index is 867. The normalized spacial score (nSPS) is 11.0. The van der Waals surface area contributed by atoms with Gasteiger partial charge in [-0.25, -0.2) is 4.99 Å². The first-order valence-corrected chi connectivity index (χ1v) is 9.93. The molecule has 0 aliphatic carbocycles. The Labute approximate surface area is 202 Å². The monoisotopic (exact) mass is 566 g/mol. The van der Waals surface area contributed by atoms with E-state index in [2.05, 4.69) is 25.7 Å². The smallest absolute Gasteiger partial charge is 0.387 e. The number of carbonyl (C=O) groups excluding carboxylic acids is 1. The first-order chi connectivity index (χ1) is 14.4. The van der Waals surface area contributed by atoms with Crippen molar-refractivity contribution in [2.45, 2.75) is 33.5 Å². The number of alkyl halides is 2. The Morgan fingerprint density at radius 2 is 1.74 bits per heavy atom. The quantitative estimate of drug-likeness (QED) is 0.236. The van der Waals surface area contributed by atoms with Crippen LogP contribution in [0.2, 0.25) is 5.02 Å². The fourth-order valence-electron chi connectivity index (χ4n) is 2.61. The first kappa shape index (κ1) is 26.9. The van der Waals surface area contributed by atoms with E-state index in [9.17, 15) is 13.6 Å². The summed E-state index contributed by atoms with van der Waals surface area (Å²) in [5, 5.41) is 9.35. The average Bonchev–Trinajstić information content (AvgIpc) is 2.72. The van der Waals surface area contributed by atoms with Crippen molar-refractivity contribution in [3.63, 3.8) is 0 Å². The van der Waals surface area contributed by atoms with Crippen LogP contribution in [0, 0.1) is 0 Å². The minimum absolute atomic E-state index is 0. The van der Waals surface area contributed by atoms with E-state index in [4.69, 9.17) is 11.6 Å². The summed E-state index contributed by atoms with van der Waals surface area (Å²) in [7, 11) is 0. The van der Waals surface area contributed by atoms with E-state index in [0.29, 0.717) is 41.7 Å². The van der Waals surface area contributed by atoms with Gasteiger partial charge in [-0.1, -0.05) is 23.7 Å². The van der Waals surface area contributed by atoms with Crippen molar-refractivity contribution in [3.8, 4) is 5.75 Å².